The first-order valence-electron chi connectivity index (χ1n) is 10.8. The molecule has 0 N–H and O–H groups in total. The topological polar surface area (TPSA) is 83.7 Å². The van der Waals surface area contributed by atoms with Crippen molar-refractivity contribution in [1.29, 1.82) is 0 Å². The molecule has 1 amide bonds. The Bertz CT molecular complexity index is 996. The zero-order valence-corrected chi connectivity index (χ0v) is 20.0. The van der Waals surface area contributed by atoms with Gasteiger partial charge in [0.2, 0.25) is 15.9 Å². The lowest BCUT2D eigenvalue weighted by Crippen LogP contribution is -2.47. The summed E-state index contributed by atoms with van der Waals surface area (Å²) < 4.78 is 33.8. The Labute approximate surface area is 188 Å². The van der Waals surface area contributed by atoms with E-state index < -0.39 is 10.0 Å². The molecule has 1 atom stereocenters. The average molecular weight is 466 g/mol. The van der Waals surface area contributed by atoms with Crippen LogP contribution in [0, 0.1) is 12.8 Å². The molecule has 31 heavy (non-hydrogen) atoms. The van der Waals surface area contributed by atoms with E-state index in [0.717, 1.165) is 24.3 Å². The molecular formula is C22H31N3O4S2. The Kier molecular flexibility index (Phi) is 8.07. The number of hydrogen-bond acceptors (Lipinski definition) is 6. The lowest BCUT2D eigenvalue weighted by atomic mass is 9.98. The van der Waals surface area contributed by atoms with Gasteiger partial charge in [-0.15, -0.1) is 11.3 Å². The van der Waals surface area contributed by atoms with E-state index in [-0.39, 0.29) is 29.0 Å². The summed E-state index contributed by atoms with van der Waals surface area (Å²) in [5.41, 5.74) is 0.331. The number of sulfonamides is 1. The number of aromatic nitrogens is 1. The van der Waals surface area contributed by atoms with Gasteiger partial charge in [0.1, 0.15) is 5.69 Å². The van der Waals surface area contributed by atoms with Crippen LogP contribution in [0.25, 0.3) is 12.2 Å². The maximum absolute atomic E-state index is 13.5. The lowest BCUT2D eigenvalue weighted by molar-refractivity contribution is -0.136. The van der Waals surface area contributed by atoms with Crippen molar-refractivity contribution in [3.63, 3.8) is 0 Å². The Hall–Kier alpha value is -1.97. The number of piperidine rings is 1. The molecule has 170 valence electrons. The van der Waals surface area contributed by atoms with Crippen molar-refractivity contribution in [3.8, 4) is 0 Å². The van der Waals surface area contributed by atoms with E-state index in [2.05, 4.69) is 12.1 Å². The molecule has 1 fully saturated rings. The second kappa shape index (κ2) is 10.6. The molecule has 0 saturated carbocycles. The number of aryl methyl sites for hydroxylation is 1. The van der Waals surface area contributed by atoms with Gasteiger partial charge in [0.05, 0.1) is 5.92 Å². The summed E-state index contributed by atoms with van der Waals surface area (Å²) in [7, 11) is -3.83. The summed E-state index contributed by atoms with van der Waals surface area (Å²) in [4.78, 5) is 16.0. The lowest BCUT2D eigenvalue weighted by Gasteiger charge is -2.34. The van der Waals surface area contributed by atoms with Crippen LogP contribution in [0.2, 0.25) is 0 Å². The van der Waals surface area contributed by atoms with E-state index in [1.807, 2.05) is 35.4 Å². The van der Waals surface area contributed by atoms with Gasteiger partial charge in [-0.3, -0.25) is 4.79 Å². The van der Waals surface area contributed by atoms with E-state index in [1.54, 1.807) is 24.3 Å². The molecule has 1 saturated heterocycles. The van der Waals surface area contributed by atoms with E-state index in [9.17, 15) is 13.2 Å². The number of carbonyl (C=O) groups is 1. The molecule has 0 aromatic carbocycles. The number of amides is 1. The van der Waals surface area contributed by atoms with E-state index >= 15 is 0 Å². The zero-order chi connectivity index (χ0) is 22.4. The number of rotatable bonds is 9. The smallest absolute Gasteiger partial charge is 0.248 e. The van der Waals surface area contributed by atoms with Crippen LogP contribution in [-0.2, 0) is 14.8 Å². The number of carbonyl (C=O) groups excluding carboxylic acids is 1. The average Bonchev–Trinajstić information content (AvgIpc) is 3.42. The molecule has 1 aliphatic heterocycles. The van der Waals surface area contributed by atoms with Gasteiger partial charge in [-0.1, -0.05) is 24.6 Å². The molecule has 0 bridgehead atoms. The predicted molar refractivity (Wildman–Crippen MR) is 123 cm³/mol. The summed E-state index contributed by atoms with van der Waals surface area (Å²) in [5.74, 6) is -0.0428. The first-order chi connectivity index (χ1) is 14.9. The third kappa shape index (κ3) is 5.45. The maximum atomic E-state index is 13.5. The van der Waals surface area contributed by atoms with Crippen LogP contribution in [0.5, 0.6) is 0 Å². The molecule has 3 heterocycles. The standard InChI is InChI=1S/C22H31N3O4S2/c1-4-6-13-24(5-2)22(26)18-9-7-14-25(16-18)31(27,28)21-17(3)23-29-20(21)12-11-19-10-8-15-30-19/h8,10-12,15,18H,4-7,9,13-14,16H2,1-3H3/b12-11+/t18-/m1/s1. The normalized spacial score (nSPS) is 18.0. The zero-order valence-electron chi connectivity index (χ0n) is 18.4. The van der Waals surface area contributed by atoms with Gasteiger partial charge in [-0.05, 0) is 56.7 Å². The summed E-state index contributed by atoms with van der Waals surface area (Å²) in [6.45, 7) is 7.65. The van der Waals surface area contributed by atoms with Crippen molar-refractivity contribution < 1.29 is 17.7 Å². The molecule has 0 spiro atoms. The van der Waals surface area contributed by atoms with Gasteiger partial charge in [0.15, 0.2) is 10.7 Å². The van der Waals surface area contributed by atoms with Gasteiger partial charge in [-0.2, -0.15) is 4.31 Å². The summed E-state index contributed by atoms with van der Waals surface area (Å²) in [5, 5.41) is 5.86. The summed E-state index contributed by atoms with van der Waals surface area (Å²) in [6, 6.07) is 3.87. The second-order valence-corrected chi connectivity index (χ2v) is 10.6. The highest BCUT2D eigenvalue weighted by molar-refractivity contribution is 7.89. The number of thiophene rings is 1. The quantitative estimate of drug-likeness (QED) is 0.552. The fourth-order valence-electron chi connectivity index (χ4n) is 3.87. The number of unbranched alkanes of at least 4 members (excludes halogenated alkanes) is 1. The van der Waals surface area contributed by atoms with E-state index in [0.29, 0.717) is 31.6 Å². The van der Waals surface area contributed by atoms with Gasteiger partial charge < -0.3 is 9.42 Å². The van der Waals surface area contributed by atoms with Crippen LogP contribution in [0.15, 0.2) is 26.9 Å². The van der Waals surface area contributed by atoms with Crippen LogP contribution >= 0.6 is 11.3 Å². The largest absolute Gasteiger partial charge is 0.355 e. The molecule has 3 rings (SSSR count). The highest BCUT2D eigenvalue weighted by Gasteiger charge is 2.37. The molecule has 9 heteroatoms. The number of nitrogens with zero attached hydrogens (tertiary/aromatic N) is 3. The van der Waals surface area contributed by atoms with Crippen molar-refractivity contribution in [2.75, 3.05) is 26.2 Å². The minimum absolute atomic E-state index is 0.0516. The third-order valence-electron chi connectivity index (χ3n) is 5.58. The van der Waals surface area contributed by atoms with Crippen molar-refractivity contribution in [3.05, 3.63) is 33.8 Å². The fraction of sp³-hybridized carbons (Fsp3) is 0.545. The molecule has 2 aromatic heterocycles. The van der Waals surface area contributed by atoms with Gasteiger partial charge in [0.25, 0.3) is 0 Å². The maximum Gasteiger partial charge on any atom is 0.248 e. The highest BCUT2D eigenvalue weighted by atomic mass is 32.2. The van der Waals surface area contributed by atoms with Crippen LogP contribution in [-0.4, -0.2) is 54.9 Å². The van der Waals surface area contributed by atoms with E-state index in [4.69, 9.17) is 4.52 Å². The van der Waals surface area contributed by atoms with Crippen molar-refractivity contribution in [1.82, 2.24) is 14.4 Å². The van der Waals surface area contributed by atoms with Crippen LogP contribution < -0.4 is 0 Å². The molecular weight excluding hydrogens is 434 g/mol. The SMILES string of the molecule is CCCCN(CC)C(=O)[C@@H]1CCCN(S(=O)(=O)c2c(C)noc2/C=C/c2cccs2)C1. The minimum atomic E-state index is -3.83. The van der Waals surface area contributed by atoms with Crippen molar-refractivity contribution in [2.45, 2.75) is 51.3 Å². The Morgan fingerprint density at radius 2 is 2.19 bits per heavy atom. The summed E-state index contributed by atoms with van der Waals surface area (Å²) >= 11 is 1.55. The van der Waals surface area contributed by atoms with Crippen LogP contribution in [0.3, 0.4) is 0 Å². The molecule has 7 nitrogen and oxygen atoms in total. The second-order valence-electron chi connectivity index (χ2n) is 7.78. The van der Waals surface area contributed by atoms with Gasteiger partial charge in [-0.25, -0.2) is 8.42 Å². The molecule has 0 radical (unpaired) electrons. The molecule has 2 aromatic rings. The number of hydrogen-bond donors (Lipinski definition) is 0. The molecule has 0 unspecified atom stereocenters. The minimum Gasteiger partial charge on any atom is -0.355 e. The van der Waals surface area contributed by atoms with Crippen LogP contribution in [0.1, 0.15) is 55.9 Å². The van der Waals surface area contributed by atoms with Crippen molar-refractivity contribution in [2.24, 2.45) is 5.92 Å². The van der Waals surface area contributed by atoms with Crippen LogP contribution in [0.4, 0.5) is 0 Å². The first kappa shape index (κ1) is 23.7. The monoisotopic (exact) mass is 465 g/mol. The first-order valence-corrected chi connectivity index (χ1v) is 13.2. The Balaban J connectivity index is 1.80. The molecule has 1 aliphatic rings. The van der Waals surface area contributed by atoms with E-state index in [1.165, 1.54) is 4.31 Å². The highest BCUT2D eigenvalue weighted by Crippen LogP contribution is 2.30. The third-order valence-corrected chi connectivity index (χ3v) is 8.44. The Morgan fingerprint density at radius 1 is 1.39 bits per heavy atom. The fourth-order valence-corrected chi connectivity index (χ4v) is 6.26. The van der Waals surface area contributed by atoms with Gasteiger partial charge >= 0.3 is 0 Å². The molecule has 0 aliphatic carbocycles. The summed E-state index contributed by atoms with van der Waals surface area (Å²) in [6.07, 6.45) is 6.80. The van der Waals surface area contributed by atoms with Crippen molar-refractivity contribution >= 4 is 39.4 Å². The van der Waals surface area contributed by atoms with Gasteiger partial charge in [0, 0.05) is 31.1 Å². The predicted octanol–water partition coefficient (Wildman–Crippen LogP) is 4.26. The Morgan fingerprint density at radius 3 is 2.87 bits per heavy atom.